The lowest BCUT2D eigenvalue weighted by Gasteiger charge is -2.24. The van der Waals surface area contributed by atoms with Gasteiger partial charge in [0.25, 0.3) is 5.91 Å². The number of nitrogens with one attached hydrogen (secondary N) is 1. The van der Waals surface area contributed by atoms with Crippen molar-refractivity contribution < 1.29 is 23.8 Å². The van der Waals surface area contributed by atoms with Crippen molar-refractivity contribution in [2.75, 3.05) is 19.8 Å². The van der Waals surface area contributed by atoms with Gasteiger partial charge < -0.3 is 25.3 Å². The number of carbonyl (C=O) groups is 2. The van der Waals surface area contributed by atoms with Gasteiger partial charge in [-0.3, -0.25) is 9.59 Å². The Morgan fingerprint density at radius 1 is 1.07 bits per heavy atom. The minimum Gasteiger partial charge on any atom is -0.490 e. The molecule has 1 aliphatic rings. The van der Waals surface area contributed by atoms with E-state index >= 15 is 0 Å². The number of rotatable bonds is 7. The summed E-state index contributed by atoms with van der Waals surface area (Å²) in [6, 6.07) is 11.9. The number of hydrogen-bond donors (Lipinski definition) is 2. The maximum atomic E-state index is 12.5. The van der Waals surface area contributed by atoms with Crippen LogP contribution in [0.25, 0.3) is 0 Å². The molecule has 7 nitrogen and oxygen atoms in total. The molecule has 1 heterocycles. The van der Waals surface area contributed by atoms with Gasteiger partial charge in [-0.15, -0.1) is 0 Å². The minimum atomic E-state index is -0.510. The van der Waals surface area contributed by atoms with Crippen LogP contribution >= 0.6 is 0 Å². The highest BCUT2D eigenvalue weighted by atomic mass is 16.5. The third-order valence-electron chi connectivity index (χ3n) is 4.62. The van der Waals surface area contributed by atoms with Crippen LogP contribution < -0.4 is 25.3 Å². The van der Waals surface area contributed by atoms with Gasteiger partial charge in [0.1, 0.15) is 5.75 Å². The second-order valence-electron chi connectivity index (χ2n) is 7.22. The van der Waals surface area contributed by atoms with E-state index in [2.05, 4.69) is 5.32 Å². The first-order chi connectivity index (χ1) is 13.9. The summed E-state index contributed by atoms with van der Waals surface area (Å²) in [5, 5.41) is 3.02. The van der Waals surface area contributed by atoms with Crippen LogP contribution in [0.1, 0.15) is 42.2 Å². The average molecular weight is 398 g/mol. The fourth-order valence-corrected chi connectivity index (χ4v) is 3.09. The quantitative estimate of drug-likeness (QED) is 0.747. The van der Waals surface area contributed by atoms with E-state index in [0.29, 0.717) is 30.3 Å². The number of benzene rings is 2. The predicted molar refractivity (Wildman–Crippen MR) is 108 cm³/mol. The highest BCUT2D eigenvalue weighted by Gasteiger charge is 2.21. The van der Waals surface area contributed by atoms with E-state index in [1.54, 1.807) is 24.3 Å². The van der Waals surface area contributed by atoms with Gasteiger partial charge in [-0.2, -0.15) is 0 Å². The van der Waals surface area contributed by atoms with E-state index < -0.39 is 5.91 Å². The predicted octanol–water partition coefficient (Wildman–Crippen LogP) is 2.84. The SMILES string of the molecule is CC(C)[C@H](NC(=O)COc1ccc(C(N)=O)cc1)c1ccc2c(c1)OCCCO2. The van der Waals surface area contributed by atoms with Crippen molar-refractivity contribution >= 4 is 11.8 Å². The van der Waals surface area contributed by atoms with Gasteiger partial charge in [0.2, 0.25) is 5.91 Å². The largest absolute Gasteiger partial charge is 0.490 e. The normalized spacial score (nSPS) is 14.0. The van der Waals surface area contributed by atoms with Gasteiger partial charge in [-0.25, -0.2) is 0 Å². The molecule has 0 fully saturated rings. The van der Waals surface area contributed by atoms with Gasteiger partial charge in [0.05, 0.1) is 19.3 Å². The molecule has 3 N–H and O–H groups in total. The van der Waals surface area contributed by atoms with Crippen LogP contribution in [0.4, 0.5) is 0 Å². The van der Waals surface area contributed by atoms with Crippen LogP contribution in [-0.4, -0.2) is 31.6 Å². The summed E-state index contributed by atoms with van der Waals surface area (Å²) in [5.41, 5.74) is 6.55. The van der Waals surface area contributed by atoms with Gasteiger partial charge in [0.15, 0.2) is 18.1 Å². The first-order valence-corrected chi connectivity index (χ1v) is 9.65. The smallest absolute Gasteiger partial charge is 0.258 e. The monoisotopic (exact) mass is 398 g/mol. The van der Waals surface area contributed by atoms with Gasteiger partial charge in [-0.1, -0.05) is 19.9 Å². The summed E-state index contributed by atoms with van der Waals surface area (Å²) in [4.78, 5) is 23.6. The van der Waals surface area contributed by atoms with E-state index in [9.17, 15) is 9.59 Å². The molecule has 2 aromatic rings. The third kappa shape index (κ3) is 5.40. The van der Waals surface area contributed by atoms with Crippen molar-refractivity contribution in [3.05, 3.63) is 53.6 Å². The lowest BCUT2D eigenvalue weighted by Crippen LogP contribution is -2.35. The van der Waals surface area contributed by atoms with E-state index in [0.717, 1.165) is 17.7 Å². The zero-order valence-electron chi connectivity index (χ0n) is 16.6. The molecule has 0 unspecified atom stereocenters. The Kier molecular flexibility index (Phi) is 6.59. The molecule has 0 aromatic heterocycles. The second-order valence-corrected chi connectivity index (χ2v) is 7.22. The van der Waals surface area contributed by atoms with E-state index in [1.165, 1.54) is 0 Å². The van der Waals surface area contributed by atoms with Gasteiger partial charge in [0, 0.05) is 12.0 Å². The molecule has 1 atom stereocenters. The van der Waals surface area contributed by atoms with Crippen LogP contribution in [0.3, 0.4) is 0 Å². The third-order valence-corrected chi connectivity index (χ3v) is 4.62. The summed E-state index contributed by atoms with van der Waals surface area (Å²) in [5.74, 6) is 1.33. The highest BCUT2D eigenvalue weighted by Crippen LogP contribution is 2.34. The van der Waals surface area contributed by atoms with E-state index in [1.807, 2.05) is 32.0 Å². The molecule has 0 spiro atoms. The number of primary amides is 1. The summed E-state index contributed by atoms with van der Waals surface area (Å²) in [7, 11) is 0. The number of carbonyl (C=O) groups excluding carboxylic acids is 2. The lowest BCUT2D eigenvalue weighted by molar-refractivity contribution is -0.124. The molecule has 2 amide bonds. The van der Waals surface area contributed by atoms with Crippen LogP contribution in [-0.2, 0) is 4.79 Å². The molecule has 154 valence electrons. The van der Waals surface area contributed by atoms with Crippen LogP contribution in [0.5, 0.6) is 17.2 Å². The molecular formula is C22H26N2O5. The Labute approximate surface area is 170 Å². The molecule has 0 bridgehead atoms. The van der Waals surface area contributed by atoms with Crippen LogP contribution in [0, 0.1) is 5.92 Å². The van der Waals surface area contributed by atoms with E-state index in [4.69, 9.17) is 19.9 Å². The number of ether oxygens (including phenoxy) is 3. The average Bonchev–Trinajstić information content (AvgIpc) is 2.95. The molecular weight excluding hydrogens is 372 g/mol. The Bertz CT molecular complexity index is 864. The van der Waals surface area contributed by atoms with Crippen molar-refractivity contribution in [2.45, 2.75) is 26.3 Å². The Balaban J connectivity index is 1.63. The Hall–Kier alpha value is -3.22. The van der Waals surface area contributed by atoms with Crippen molar-refractivity contribution in [2.24, 2.45) is 11.7 Å². The fraction of sp³-hybridized carbons (Fsp3) is 0.364. The summed E-state index contributed by atoms with van der Waals surface area (Å²) >= 11 is 0. The summed E-state index contributed by atoms with van der Waals surface area (Å²) in [6.07, 6.45) is 0.839. The fourth-order valence-electron chi connectivity index (χ4n) is 3.09. The molecule has 2 aromatic carbocycles. The molecule has 7 heteroatoms. The number of hydrogen-bond acceptors (Lipinski definition) is 5. The molecule has 0 saturated heterocycles. The maximum Gasteiger partial charge on any atom is 0.258 e. The topological polar surface area (TPSA) is 99.9 Å². The first kappa shape index (κ1) is 20.5. The van der Waals surface area contributed by atoms with Crippen LogP contribution in [0.2, 0.25) is 0 Å². The van der Waals surface area contributed by atoms with Crippen molar-refractivity contribution in [1.82, 2.24) is 5.32 Å². The Morgan fingerprint density at radius 3 is 2.41 bits per heavy atom. The number of nitrogens with two attached hydrogens (primary N) is 1. The maximum absolute atomic E-state index is 12.5. The van der Waals surface area contributed by atoms with Crippen molar-refractivity contribution in [3.63, 3.8) is 0 Å². The summed E-state index contributed by atoms with van der Waals surface area (Å²) < 4.78 is 17.0. The van der Waals surface area contributed by atoms with Crippen LogP contribution in [0.15, 0.2) is 42.5 Å². The second kappa shape index (κ2) is 9.32. The Morgan fingerprint density at radius 2 is 1.76 bits per heavy atom. The van der Waals surface area contributed by atoms with Crippen molar-refractivity contribution in [3.8, 4) is 17.2 Å². The molecule has 0 saturated carbocycles. The van der Waals surface area contributed by atoms with Gasteiger partial charge >= 0.3 is 0 Å². The minimum absolute atomic E-state index is 0.135. The molecule has 1 aliphatic heterocycles. The molecule has 3 rings (SSSR count). The standard InChI is InChI=1S/C22H26N2O5/c1-14(2)21(16-6-9-18-19(12-16)28-11-3-10-27-18)24-20(25)13-29-17-7-4-15(5-8-17)22(23)26/h4-9,12,14,21H,3,10-11,13H2,1-2H3,(H2,23,26)(H,24,25)/t21-/m0/s1. The molecule has 0 radical (unpaired) electrons. The zero-order valence-corrected chi connectivity index (χ0v) is 16.6. The molecule has 0 aliphatic carbocycles. The molecule has 29 heavy (non-hydrogen) atoms. The van der Waals surface area contributed by atoms with E-state index in [-0.39, 0.29) is 24.5 Å². The van der Waals surface area contributed by atoms with Gasteiger partial charge in [-0.05, 0) is 47.9 Å². The number of fused-ring (bicyclic) bond motifs is 1. The lowest BCUT2D eigenvalue weighted by atomic mass is 9.95. The van der Waals surface area contributed by atoms with Crippen molar-refractivity contribution in [1.29, 1.82) is 0 Å². The number of amides is 2. The highest BCUT2D eigenvalue weighted by molar-refractivity contribution is 5.92. The summed E-state index contributed by atoms with van der Waals surface area (Å²) in [6.45, 7) is 5.18. The zero-order chi connectivity index (χ0) is 20.8. The first-order valence-electron chi connectivity index (χ1n) is 9.65.